The van der Waals surface area contributed by atoms with Crippen molar-refractivity contribution in [2.75, 3.05) is 21.3 Å². The molecule has 0 atom stereocenters. The molecule has 4 rings (SSSR count). The van der Waals surface area contributed by atoms with E-state index in [0.29, 0.717) is 39.6 Å². The van der Waals surface area contributed by atoms with Crippen LogP contribution in [0.1, 0.15) is 10.4 Å². The summed E-state index contributed by atoms with van der Waals surface area (Å²) in [5.74, 6) is 2.01. The highest BCUT2D eigenvalue weighted by Crippen LogP contribution is 2.36. The van der Waals surface area contributed by atoms with Crippen LogP contribution in [0.2, 0.25) is 0 Å². The zero-order valence-corrected chi connectivity index (χ0v) is 16.2. The molecular formula is C22H19N3O4. The quantitative estimate of drug-likeness (QED) is 0.556. The van der Waals surface area contributed by atoms with E-state index in [1.54, 1.807) is 39.5 Å². The molecule has 1 amide bonds. The lowest BCUT2D eigenvalue weighted by Gasteiger charge is -2.12. The SMILES string of the molecule is CNC(=O)c1cccc2cc(Oc3ncnc4cc(OC)c(OC)cc34)ccc12. The molecule has 7 nitrogen and oxygen atoms in total. The number of rotatable bonds is 5. The smallest absolute Gasteiger partial charge is 0.251 e. The van der Waals surface area contributed by atoms with Gasteiger partial charge in [0, 0.05) is 18.7 Å². The van der Waals surface area contributed by atoms with Gasteiger partial charge in [-0.1, -0.05) is 12.1 Å². The van der Waals surface area contributed by atoms with E-state index in [4.69, 9.17) is 14.2 Å². The Bertz CT molecular complexity index is 1220. The lowest BCUT2D eigenvalue weighted by molar-refractivity contribution is 0.0964. The molecule has 0 saturated heterocycles. The molecule has 1 heterocycles. The van der Waals surface area contributed by atoms with E-state index in [2.05, 4.69) is 15.3 Å². The van der Waals surface area contributed by atoms with Gasteiger partial charge in [-0.05, 0) is 41.1 Å². The van der Waals surface area contributed by atoms with Gasteiger partial charge in [0.25, 0.3) is 5.91 Å². The summed E-state index contributed by atoms with van der Waals surface area (Å²) in [5.41, 5.74) is 1.29. The van der Waals surface area contributed by atoms with Gasteiger partial charge < -0.3 is 19.5 Å². The van der Waals surface area contributed by atoms with Crippen molar-refractivity contribution < 1.29 is 19.0 Å². The van der Waals surface area contributed by atoms with Gasteiger partial charge >= 0.3 is 0 Å². The number of fused-ring (bicyclic) bond motifs is 2. The number of methoxy groups -OCH3 is 2. The van der Waals surface area contributed by atoms with Crippen LogP contribution >= 0.6 is 0 Å². The van der Waals surface area contributed by atoms with Crippen LogP contribution in [0.15, 0.2) is 54.9 Å². The van der Waals surface area contributed by atoms with Crippen molar-refractivity contribution in [2.45, 2.75) is 0 Å². The Balaban J connectivity index is 1.77. The fraction of sp³-hybridized carbons (Fsp3) is 0.136. The van der Waals surface area contributed by atoms with Crippen LogP contribution in [0.25, 0.3) is 21.7 Å². The van der Waals surface area contributed by atoms with Crippen molar-refractivity contribution in [3.8, 4) is 23.1 Å². The van der Waals surface area contributed by atoms with Crippen LogP contribution in [-0.4, -0.2) is 37.1 Å². The minimum atomic E-state index is -0.132. The summed E-state index contributed by atoms with van der Waals surface area (Å²) in [7, 11) is 4.76. The molecule has 0 fully saturated rings. The second-order valence-corrected chi connectivity index (χ2v) is 6.27. The van der Waals surface area contributed by atoms with Gasteiger partial charge in [-0.3, -0.25) is 4.79 Å². The summed E-state index contributed by atoms with van der Waals surface area (Å²) >= 11 is 0. The number of amides is 1. The van der Waals surface area contributed by atoms with Crippen molar-refractivity contribution >= 4 is 27.6 Å². The van der Waals surface area contributed by atoms with Gasteiger partial charge in [-0.25, -0.2) is 9.97 Å². The molecule has 146 valence electrons. The van der Waals surface area contributed by atoms with Crippen LogP contribution in [0.4, 0.5) is 0 Å². The Labute approximate surface area is 167 Å². The number of nitrogens with zero attached hydrogens (tertiary/aromatic N) is 2. The van der Waals surface area contributed by atoms with Crippen LogP contribution in [0, 0.1) is 0 Å². The number of benzene rings is 3. The Kier molecular flexibility index (Phi) is 4.87. The highest BCUT2D eigenvalue weighted by Gasteiger charge is 2.13. The number of carbonyl (C=O) groups excluding carboxylic acids is 1. The Morgan fingerprint density at radius 3 is 2.48 bits per heavy atom. The second-order valence-electron chi connectivity index (χ2n) is 6.27. The lowest BCUT2D eigenvalue weighted by atomic mass is 10.0. The van der Waals surface area contributed by atoms with E-state index in [9.17, 15) is 4.79 Å². The van der Waals surface area contributed by atoms with Gasteiger partial charge in [-0.15, -0.1) is 0 Å². The number of nitrogens with one attached hydrogen (secondary N) is 1. The maximum absolute atomic E-state index is 12.1. The largest absolute Gasteiger partial charge is 0.493 e. The third-order valence-electron chi connectivity index (χ3n) is 4.64. The molecular weight excluding hydrogens is 370 g/mol. The number of ether oxygens (including phenoxy) is 3. The first kappa shape index (κ1) is 18.5. The Morgan fingerprint density at radius 1 is 0.931 bits per heavy atom. The molecule has 0 spiro atoms. The van der Waals surface area contributed by atoms with Crippen LogP contribution in [0.5, 0.6) is 23.1 Å². The second kappa shape index (κ2) is 7.63. The monoisotopic (exact) mass is 389 g/mol. The van der Waals surface area contributed by atoms with Crippen molar-refractivity contribution in [1.29, 1.82) is 0 Å². The molecule has 0 aliphatic heterocycles. The topological polar surface area (TPSA) is 82.6 Å². The fourth-order valence-electron chi connectivity index (χ4n) is 3.21. The maximum atomic E-state index is 12.1. The first-order valence-electron chi connectivity index (χ1n) is 8.94. The predicted octanol–water partition coefficient (Wildman–Crippen LogP) is 3.95. The summed E-state index contributed by atoms with van der Waals surface area (Å²) in [6, 6.07) is 14.7. The summed E-state index contributed by atoms with van der Waals surface area (Å²) in [6.07, 6.45) is 1.44. The van der Waals surface area contributed by atoms with E-state index in [1.807, 2.05) is 30.3 Å². The Hall–Kier alpha value is -3.87. The molecule has 4 aromatic rings. The first-order chi connectivity index (χ1) is 14.1. The number of carbonyl (C=O) groups is 1. The lowest BCUT2D eigenvalue weighted by Crippen LogP contribution is -2.17. The zero-order chi connectivity index (χ0) is 20.4. The summed E-state index contributed by atoms with van der Waals surface area (Å²) in [6.45, 7) is 0. The molecule has 29 heavy (non-hydrogen) atoms. The summed E-state index contributed by atoms with van der Waals surface area (Å²) in [4.78, 5) is 20.6. The molecule has 0 aliphatic carbocycles. The average molecular weight is 389 g/mol. The molecule has 1 N–H and O–H groups in total. The van der Waals surface area contributed by atoms with Crippen molar-refractivity contribution in [3.05, 3.63) is 60.4 Å². The minimum Gasteiger partial charge on any atom is -0.493 e. The third kappa shape index (κ3) is 3.38. The van der Waals surface area contributed by atoms with Gasteiger partial charge in [0.15, 0.2) is 11.5 Å². The molecule has 0 saturated carbocycles. The maximum Gasteiger partial charge on any atom is 0.251 e. The van der Waals surface area contributed by atoms with E-state index >= 15 is 0 Å². The van der Waals surface area contributed by atoms with Gasteiger partial charge in [0.05, 0.1) is 25.1 Å². The summed E-state index contributed by atoms with van der Waals surface area (Å²) in [5, 5.41) is 5.09. The standard InChI is InChI=1S/C22H19N3O4/c1-23-21(26)16-6-4-5-13-9-14(7-8-15(13)16)29-22-17-10-19(27-2)20(28-3)11-18(17)24-12-25-22/h4-12H,1-3H3,(H,23,26). The minimum absolute atomic E-state index is 0.132. The van der Waals surface area contributed by atoms with E-state index in [-0.39, 0.29) is 5.91 Å². The molecule has 7 heteroatoms. The first-order valence-corrected chi connectivity index (χ1v) is 8.94. The van der Waals surface area contributed by atoms with E-state index in [0.717, 1.165) is 10.8 Å². The molecule has 3 aromatic carbocycles. The van der Waals surface area contributed by atoms with Crippen molar-refractivity contribution in [1.82, 2.24) is 15.3 Å². The highest BCUT2D eigenvalue weighted by atomic mass is 16.5. The fourth-order valence-corrected chi connectivity index (χ4v) is 3.21. The highest BCUT2D eigenvalue weighted by molar-refractivity contribution is 6.07. The number of hydrogen-bond acceptors (Lipinski definition) is 6. The van der Waals surface area contributed by atoms with Crippen molar-refractivity contribution in [2.24, 2.45) is 0 Å². The van der Waals surface area contributed by atoms with Gasteiger partial charge in [-0.2, -0.15) is 0 Å². The summed E-state index contributed by atoms with van der Waals surface area (Å²) < 4.78 is 16.8. The third-order valence-corrected chi connectivity index (χ3v) is 4.64. The number of hydrogen-bond donors (Lipinski definition) is 1. The van der Waals surface area contributed by atoms with Gasteiger partial charge in [0.2, 0.25) is 5.88 Å². The zero-order valence-electron chi connectivity index (χ0n) is 16.2. The van der Waals surface area contributed by atoms with Crippen LogP contribution in [-0.2, 0) is 0 Å². The van der Waals surface area contributed by atoms with E-state index < -0.39 is 0 Å². The molecule has 0 aliphatic rings. The normalized spacial score (nSPS) is 10.7. The Morgan fingerprint density at radius 2 is 1.72 bits per heavy atom. The van der Waals surface area contributed by atoms with E-state index in [1.165, 1.54) is 6.33 Å². The average Bonchev–Trinajstić information content (AvgIpc) is 2.77. The molecule has 0 radical (unpaired) electrons. The number of aromatic nitrogens is 2. The van der Waals surface area contributed by atoms with Gasteiger partial charge in [0.1, 0.15) is 12.1 Å². The van der Waals surface area contributed by atoms with Crippen LogP contribution in [0.3, 0.4) is 0 Å². The molecule has 1 aromatic heterocycles. The predicted molar refractivity (Wildman–Crippen MR) is 110 cm³/mol. The molecule has 0 bridgehead atoms. The molecule has 0 unspecified atom stereocenters. The van der Waals surface area contributed by atoms with Crippen LogP contribution < -0.4 is 19.5 Å². The van der Waals surface area contributed by atoms with Crippen molar-refractivity contribution in [3.63, 3.8) is 0 Å².